The molecule has 3 nitrogen and oxygen atoms in total. The molecule has 0 aromatic carbocycles. The molecule has 1 aromatic heterocycles. The predicted molar refractivity (Wildman–Crippen MR) is 74.4 cm³/mol. The Balaban J connectivity index is 2.14. The molecular formula is C12H15BrN2OS. The fourth-order valence-electron chi connectivity index (χ4n) is 2.06. The molecule has 2 rings (SSSR count). The number of aromatic nitrogens is 1. The Morgan fingerprint density at radius 3 is 2.65 bits per heavy atom. The normalized spacial score (nSPS) is 24.8. The molecule has 92 valence electrons. The number of thioether (sulfide) groups is 1. The molecule has 1 saturated heterocycles. The molecule has 2 heterocycles. The maximum Gasteiger partial charge on any atom is 0.255 e. The number of carbonyl (C=O) groups is 1. The van der Waals surface area contributed by atoms with Crippen molar-refractivity contribution in [2.45, 2.75) is 24.3 Å². The summed E-state index contributed by atoms with van der Waals surface area (Å²) in [7, 11) is 0. The van der Waals surface area contributed by atoms with E-state index in [1.807, 2.05) is 22.7 Å². The van der Waals surface area contributed by atoms with Crippen molar-refractivity contribution in [3.63, 3.8) is 0 Å². The Morgan fingerprint density at radius 2 is 2.06 bits per heavy atom. The van der Waals surface area contributed by atoms with E-state index in [4.69, 9.17) is 0 Å². The minimum Gasteiger partial charge on any atom is -0.336 e. The van der Waals surface area contributed by atoms with E-state index in [2.05, 4.69) is 34.8 Å². The SMILES string of the molecule is CC1CN(C(=O)c2cncc(Br)c2)CC(C)S1. The van der Waals surface area contributed by atoms with Crippen LogP contribution in [-0.2, 0) is 0 Å². The lowest BCUT2D eigenvalue weighted by Gasteiger charge is -2.34. The molecule has 2 atom stereocenters. The molecule has 0 spiro atoms. The average Bonchev–Trinajstić information content (AvgIpc) is 2.26. The summed E-state index contributed by atoms with van der Waals surface area (Å²) in [6.45, 7) is 5.97. The lowest BCUT2D eigenvalue weighted by molar-refractivity contribution is 0.0753. The van der Waals surface area contributed by atoms with E-state index >= 15 is 0 Å². The molecule has 1 aliphatic rings. The quantitative estimate of drug-likeness (QED) is 0.799. The zero-order chi connectivity index (χ0) is 12.4. The molecular weight excluding hydrogens is 300 g/mol. The highest BCUT2D eigenvalue weighted by atomic mass is 79.9. The van der Waals surface area contributed by atoms with Crippen molar-refractivity contribution < 1.29 is 4.79 Å². The Hall–Kier alpha value is -0.550. The van der Waals surface area contributed by atoms with Crippen LogP contribution in [0.2, 0.25) is 0 Å². The Labute approximate surface area is 114 Å². The van der Waals surface area contributed by atoms with Crippen LogP contribution in [0, 0.1) is 0 Å². The third-order valence-corrected chi connectivity index (χ3v) is 4.32. The van der Waals surface area contributed by atoms with Gasteiger partial charge in [0.1, 0.15) is 0 Å². The summed E-state index contributed by atoms with van der Waals surface area (Å²) < 4.78 is 0.843. The zero-order valence-electron chi connectivity index (χ0n) is 9.89. The smallest absolute Gasteiger partial charge is 0.255 e. The maximum absolute atomic E-state index is 12.3. The van der Waals surface area contributed by atoms with Crippen LogP contribution in [0.15, 0.2) is 22.9 Å². The van der Waals surface area contributed by atoms with Gasteiger partial charge in [-0.05, 0) is 22.0 Å². The summed E-state index contributed by atoms with van der Waals surface area (Å²) in [6.07, 6.45) is 3.32. The molecule has 5 heteroatoms. The number of hydrogen-bond donors (Lipinski definition) is 0. The topological polar surface area (TPSA) is 33.2 Å². The molecule has 0 N–H and O–H groups in total. The molecule has 1 aliphatic heterocycles. The van der Waals surface area contributed by atoms with Crippen LogP contribution in [0.3, 0.4) is 0 Å². The molecule has 2 unspecified atom stereocenters. The number of nitrogens with zero attached hydrogens (tertiary/aromatic N) is 2. The first kappa shape index (κ1) is 12.9. The van der Waals surface area contributed by atoms with Gasteiger partial charge in [-0.3, -0.25) is 9.78 Å². The summed E-state index contributed by atoms with van der Waals surface area (Å²) >= 11 is 5.28. The third-order valence-electron chi connectivity index (χ3n) is 2.66. The summed E-state index contributed by atoms with van der Waals surface area (Å²) in [6, 6.07) is 1.83. The van der Waals surface area contributed by atoms with Crippen molar-refractivity contribution in [3.8, 4) is 0 Å². The van der Waals surface area contributed by atoms with Crippen LogP contribution < -0.4 is 0 Å². The molecule has 0 aliphatic carbocycles. The van der Waals surface area contributed by atoms with Crippen LogP contribution in [0.1, 0.15) is 24.2 Å². The highest BCUT2D eigenvalue weighted by Crippen LogP contribution is 2.25. The Kier molecular flexibility index (Phi) is 4.09. The summed E-state index contributed by atoms with van der Waals surface area (Å²) in [4.78, 5) is 18.3. The van der Waals surface area contributed by atoms with Gasteiger partial charge in [0.05, 0.1) is 5.56 Å². The number of hydrogen-bond acceptors (Lipinski definition) is 3. The van der Waals surface area contributed by atoms with Gasteiger partial charge in [-0.1, -0.05) is 13.8 Å². The first-order chi connectivity index (χ1) is 8.06. The number of rotatable bonds is 1. The molecule has 0 radical (unpaired) electrons. The molecule has 17 heavy (non-hydrogen) atoms. The van der Waals surface area contributed by atoms with Crippen molar-refractivity contribution >= 4 is 33.6 Å². The first-order valence-electron chi connectivity index (χ1n) is 5.61. The first-order valence-corrected chi connectivity index (χ1v) is 7.35. The van der Waals surface area contributed by atoms with Crippen LogP contribution in [0.4, 0.5) is 0 Å². The van der Waals surface area contributed by atoms with Crippen molar-refractivity contribution in [1.82, 2.24) is 9.88 Å². The summed E-state index contributed by atoms with van der Waals surface area (Å²) in [5, 5.41) is 1.01. The molecule has 1 fully saturated rings. The van der Waals surface area contributed by atoms with Crippen molar-refractivity contribution in [2.75, 3.05) is 13.1 Å². The second-order valence-electron chi connectivity index (χ2n) is 4.36. The van der Waals surface area contributed by atoms with Crippen molar-refractivity contribution in [2.24, 2.45) is 0 Å². The number of halogens is 1. The van der Waals surface area contributed by atoms with Crippen molar-refractivity contribution in [3.05, 3.63) is 28.5 Å². The predicted octanol–water partition coefficient (Wildman–Crippen LogP) is 2.81. The monoisotopic (exact) mass is 314 g/mol. The van der Waals surface area contributed by atoms with E-state index in [9.17, 15) is 4.79 Å². The zero-order valence-corrected chi connectivity index (χ0v) is 12.3. The average molecular weight is 315 g/mol. The van der Waals surface area contributed by atoms with Gasteiger partial charge < -0.3 is 4.90 Å². The second kappa shape index (κ2) is 5.40. The second-order valence-corrected chi connectivity index (χ2v) is 7.16. The minimum atomic E-state index is 0.0813. The van der Waals surface area contributed by atoms with E-state index in [1.54, 1.807) is 12.4 Å². The summed E-state index contributed by atoms with van der Waals surface area (Å²) in [5.41, 5.74) is 0.658. The summed E-state index contributed by atoms with van der Waals surface area (Å²) in [5.74, 6) is 0.0813. The van der Waals surface area contributed by atoms with Gasteiger partial charge >= 0.3 is 0 Å². The fraction of sp³-hybridized carbons (Fsp3) is 0.500. The van der Waals surface area contributed by atoms with Gasteiger partial charge in [-0.25, -0.2) is 0 Å². The van der Waals surface area contributed by atoms with E-state index in [0.717, 1.165) is 17.6 Å². The molecule has 1 amide bonds. The molecule has 0 saturated carbocycles. The molecule has 0 bridgehead atoms. The van der Waals surface area contributed by atoms with Crippen molar-refractivity contribution in [1.29, 1.82) is 0 Å². The van der Waals surface area contributed by atoms with Gasteiger partial charge in [-0.2, -0.15) is 11.8 Å². The van der Waals surface area contributed by atoms with E-state index in [0.29, 0.717) is 16.1 Å². The van der Waals surface area contributed by atoms with E-state index in [-0.39, 0.29) is 5.91 Å². The lowest BCUT2D eigenvalue weighted by Crippen LogP contribution is -2.44. The highest BCUT2D eigenvalue weighted by Gasteiger charge is 2.26. The van der Waals surface area contributed by atoms with Crippen LogP contribution in [-0.4, -0.2) is 39.4 Å². The standard InChI is InChI=1S/C12H15BrN2OS/c1-8-6-15(7-9(2)17-8)12(16)10-3-11(13)5-14-4-10/h3-5,8-9H,6-7H2,1-2H3. The number of pyridine rings is 1. The number of carbonyl (C=O) groups excluding carboxylic acids is 1. The minimum absolute atomic E-state index is 0.0813. The van der Waals surface area contributed by atoms with Gasteiger partial charge in [0.25, 0.3) is 5.91 Å². The Morgan fingerprint density at radius 1 is 1.41 bits per heavy atom. The van der Waals surface area contributed by atoms with Gasteiger partial charge in [-0.15, -0.1) is 0 Å². The largest absolute Gasteiger partial charge is 0.336 e. The van der Waals surface area contributed by atoms with Gasteiger partial charge in [0.15, 0.2) is 0 Å². The van der Waals surface area contributed by atoms with E-state index in [1.165, 1.54) is 0 Å². The third kappa shape index (κ3) is 3.22. The van der Waals surface area contributed by atoms with Gasteiger partial charge in [0, 0.05) is 40.5 Å². The molecule has 1 aromatic rings. The van der Waals surface area contributed by atoms with E-state index < -0.39 is 0 Å². The van der Waals surface area contributed by atoms with Crippen LogP contribution in [0.5, 0.6) is 0 Å². The fourth-order valence-corrected chi connectivity index (χ4v) is 3.75. The maximum atomic E-state index is 12.3. The van der Waals surface area contributed by atoms with Crippen LogP contribution >= 0.6 is 27.7 Å². The van der Waals surface area contributed by atoms with Crippen LogP contribution in [0.25, 0.3) is 0 Å². The highest BCUT2D eigenvalue weighted by molar-refractivity contribution is 9.10. The number of amides is 1. The van der Waals surface area contributed by atoms with Gasteiger partial charge in [0.2, 0.25) is 0 Å². The Bertz CT molecular complexity index is 417. The lowest BCUT2D eigenvalue weighted by atomic mass is 10.2.